The van der Waals surface area contributed by atoms with E-state index in [9.17, 15) is 5.11 Å². The van der Waals surface area contributed by atoms with Crippen LogP contribution in [0, 0.1) is 0 Å². The van der Waals surface area contributed by atoms with Crippen molar-refractivity contribution in [2.24, 2.45) is 0 Å². The third kappa shape index (κ3) is 4.25. The lowest BCUT2D eigenvalue weighted by molar-refractivity contribution is 0.271. The summed E-state index contributed by atoms with van der Waals surface area (Å²) in [5, 5.41) is 9.33. The number of hydrogen-bond acceptors (Lipinski definition) is 9. The average Bonchev–Trinajstić information content (AvgIpc) is 2.74. The summed E-state index contributed by atoms with van der Waals surface area (Å²) in [6.07, 6.45) is 3.59. The van der Waals surface area contributed by atoms with Crippen molar-refractivity contribution in [1.29, 1.82) is 0 Å². The number of anilines is 3. The Hall–Kier alpha value is -2.52. The molecule has 29 heavy (non-hydrogen) atoms. The van der Waals surface area contributed by atoms with Gasteiger partial charge in [-0.2, -0.15) is 4.98 Å². The van der Waals surface area contributed by atoms with Gasteiger partial charge in [-0.25, -0.2) is 15.0 Å². The van der Waals surface area contributed by atoms with Gasteiger partial charge in [0.1, 0.15) is 18.2 Å². The van der Waals surface area contributed by atoms with E-state index in [1.54, 1.807) is 6.20 Å². The monoisotopic (exact) mass is 398 g/mol. The molecule has 0 bridgehead atoms. The van der Waals surface area contributed by atoms with Crippen LogP contribution in [0.5, 0.6) is 0 Å². The molecule has 2 unspecified atom stereocenters. The van der Waals surface area contributed by atoms with Crippen LogP contribution in [-0.4, -0.2) is 88.3 Å². The Morgan fingerprint density at radius 2 is 1.55 bits per heavy atom. The summed E-state index contributed by atoms with van der Waals surface area (Å²) in [6, 6.07) is 4.45. The molecule has 2 aliphatic rings. The van der Waals surface area contributed by atoms with Crippen LogP contribution < -0.4 is 14.7 Å². The highest BCUT2D eigenvalue weighted by Gasteiger charge is 2.31. The molecule has 2 aromatic heterocycles. The van der Waals surface area contributed by atoms with E-state index in [-0.39, 0.29) is 18.7 Å². The van der Waals surface area contributed by atoms with E-state index in [1.165, 1.54) is 0 Å². The first-order chi connectivity index (χ1) is 14.0. The lowest BCUT2D eigenvalue weighted by atomic mass is 10.1. The molecule has 9 nitrogen and oxygen atoms in total. The van der Waals surface area contributed by atoms with E-state index in [2.05, 4.69) is 55.4 Å². The van der Waals surface area contributed by atoms with Gasteiger partial charge in [0.15, 0.2) is 5.82 Å². The van der Waals surface area contributed by atoms with Crippen LogP contribution in [0.15, 0.2) is 24.5 Å². The molecule has 0 saturated carbocycles. The highest BCUT2D eigenvalue weighted by Crippen LogP contribution is 2.26. The molecule has 1 N–H and O–H groups in total. The zero-order valence-electron chi connectivity index (χ0n) is 17.4. The molecule has 2 aliphatic heterocycles. The van der Waals surface area contributed by atoms with Gasteiger partial charge in [0.05, 0.1) is 0 Å². The molecule has 4 heterocycles. The maximum Gasteiger partial charge on any atom is 0.227 e. The van der Waals surface area contributed by atoms with Gasteiger partial charge < -0.3 is 24.7 Å². The highest BCUT2D eigenvalue weighted by atomic mass is 16.3. The largest absolute Gasteiger partial charge is 0.388 e. The summed E-state index contributed by atoms with van der Waals surface area (Å²) in [6.45, 7) is 9.94. The van der Waals surface area contributed by atoms with Gasteiger partial charge in [0.25, 0.3) is 0 Å². The second-order valence-corrected chi connectivity index (χ2v) is 8.00. The summed E-state index contributed by atoms with van der Waals surface area (Å²) in [5.41, 5.74) is 0. The van der Waals surface area contributed by atoms with E-state index in [4.69, 9.17) is 4.98 Å². The van der Waals surface area contributed by atoms with Crippen LogP contribution in [0.1, 0.15) is 19.7 Å². The number of nitrogens with zero attached hydrogens (tertiary/aromatic N) is 8. The zero-order chi connectivity index (χ0) is 20.4. The molecule has 0 radical (unpaired) electrons. The lowest BCUT2D eigenvalue weighted by Gasteiger charge is -2.45. The van der Waals surface area contributed by atoms with Gasteiger partial charge in [-0.3, -0.25) is 0 Å². The fourth-order valence-corrected chi connectivity index (χ4v) is 4.24. The molecule has 0 aliphatic carbocycles. The molecule has 0 amide bonds. The van der Waals surface area contributed by atoms with Crippen LogP contribution >= 0.6 is 0 Å². The third-order valence-corrected chi connectivity index (χ3v) is 5.75. The Bertz CT molecular complexity index is 814. The van der Waals surface area contributed by atoms with Crippen LogP contribution in [0.2, 0.25) is 0 Å². The smallest absolute Gasteiger partial charge is 0.227 e. The van der Waals surface area contributed by atoms with Crippen LogP contribution in [0.3, 0.4) is 0 Å². The number of piperazine rings is 2. The van der Waals surface area contributed by atoms with E-state index in [1.807, 2.05) is 18.3 Å². The summed E-state index contributed by atoms with van der Waals surface area (Å²) >= 11 is 0. The predicted molar refractivity (Wildman–Crippen MR) is 113 cm³/mol. The summed E-state index contributed by atoms with van der Waals surface area (Å²) in [5.74, 6) is 3.12. The molecule has 156 valence electrons. The highest BCUT2D eigenvalue weighted by molar-refractivity contribution is 5.49. The molecule has 2 fully saturated rings. The SMILES string of the molecule is CC1CN(c2ccnc(CO)n2)CC(C)N1c1ccnc(N2CCN(C)CC2)n1. The second-order valence-electron chi connectivity index (χ2n) is 8.00. The topological polar surface area (TPSA) is 84.7 Å². The first kappa shape index (κ1) is 19.8. The van der Waals surface area contributed by atoms with Gasteiger partial charge >= 0.3 is 0 Å². The molecule has 0 spiro atoms. The molecule has 4 rings (SSSR count). The van der Waals surface area contributed by atoms with Crippen LogP contribution in [-0.2, 0) is 6.61 Å². The Morgan fingerprint density at radius 1 is 0.897 bits per heavy atom. The van der Waals surface area contributed by atoms with Crippen molar-refractivity contribution in [2.75, 3.05) is 61.0 Å². The fraction of sp³-hybridized carbons (Fsp3) is 0.600. The van der Waals surface area contributed by atoms with Gasteiger partial charge in [-0.1, -0.05) is 0 Å². The minimum Gasteiger partial charge on any atom is -0.388 e. The van der Waals surface area contributed by atoms with Crippen LogP contribution in [0.25, 0.3) is 0 Å². The molecular formula is C20H30N8O. The maximum absolute atomic E-state index is 9.33. The van der Waals surface area contributed by atoms with Crippen molar-refractivity contribution in [2.45, 2.75) is 32.5 Å². The maximum atomic E-state index is 9.33. The van der Waals surface area contributed by atoms with Gasteiger partial charge in [-0.05, 0) is 33.0 Å². The number of rotatable bonds is 4. The molecule has 2 saturated heterocycles. The molecule has 0 aromatic carbocycles. The van der Waals surface area contributed by atoms with Crippen molar-refractivity contribution in [3.05, 3.63) is 30.4 Å². The van der Waals surface area contributed by atoms with Crippen molar-refractivity contribution in [3.8, 4) is 0 Å². The van der Waals surface area contributed by atoms with Gasteiger partial charge in [0, 0.05) is 63.7 Å². The number of likely N-dealkylation sites (N-methyl/N-ethyl adjacent to an activating group) is 1. The number of aliphatic hydroxyl groups is 1. The van der Waals surface area contributed by atoms with E-state index < -0.39 is 0 Å². The van der Waals surface area contributed by atoms with Crippen LogP contribution in [0.4, 0.5) is 17.6 Å². The Kier molecular flexibility index (Phi) is 5.77. The number of aromatic nitrogens is 4. The first-order valence-electron chi connectivity index (χ1n) is 10.3. The van der Waals surface area contributed by atoms with E-state index in [0.29, 0.717) is 5.82 Å². The molecule has 9 heteroatoms. The number of hydrogen-bond donors (Lipinski definition) is 1. The lowest BCUT2D eigenvalue weighted by Crippen LogP contribution is -2.57. The minimum absolute atomic E-state index is 0.144. The van der Waals surface area contributed by atoms with Crippen molar-refractivity contribution < 1.29 is 5.11 Å². The third-order valence-electron chi connectivity index (χ3n) is 5.75. The van der Waals surface area contributed by atoms with Crippen molar-refractivity contribution in [1.82, 2.24) is 24.8 Å². The Balaban J connectivity index is 1.50. The van der Waals surface area contributed by atoms with Gasteiger partial charge in [-0.15, -0.1) is 0 Å². The second kappa shape index (κ2) is 8.46. The molecule has 2 atom stereocenters. The zero-order valence-corrected chi connectivity index (χ0v) is 17.4. The first-order valence-corrected chi connectivity index (χ1v) is 10.3. The van der Waals surface area contributed by atoms with E-state index >= 15 is 0 Å². The summed E-state index contributed by atoms with van der Waals surface area (Å²) < 4.78 is 0. The standard InChI is InChI=1S/C20H30N8O/c1-15-12-27(18-4-6-21-17(14-29)23-18)13-16(2)28(15)19-5-7-22-20(24-19)26-10-8-25(3)9-11-26/h4-7,15-16,29H,8-14H2,1-3H3. The van der Waals surface area contributed by atoms with E-state index in [0.717, 1.165) is 56.9 Å². The van der Waals surface area contributed by atoms with Crippen molar-refractivity contribution in [3.63, 3.8) is 0 Å². The Morgan fingerprint density at radius 3 is 2.24 bits per heavy atom. The quantitative estimate of drug-likeness (QED) is 0.796. The van der Waals surface area contributed by atoms with Crippen molar-refractivity contribution >= 4 is 17.6 Å². The predicted octanol–water partition coefficient (Wildman–Crippen LogP) is 0.614. The normalized spacial score (nSPS) is 23.5. The molecule has 2 aromatic rings. The summed E-state index contributed by atoms with van der Waals surface area (Å²) in [7, 11) is 2.15. The summed E-state index contributed by atoms with van der Waals surface area (Å²) in [4.78, 5) is 27.3. The van der Waals surface area contributed by atoms with Gasteiger partial charge in [0.2, 0.25) is 5.95 Å². The molecular weight excluding hydrogens is 368 g/mol. The average molecular weight is 399 g/mol. The number of aliphatic hydroxyl groups excluding tert-OH is 1. The fourth-order valence-electron chi connectivity index (χ4n) is 4.24. The minimum atomic E-state index is -0.144. The Labute approximate surface area is 172 Å².